The summed E-state index contributed by atoms with van der Waals surface area (Å²) < 4.78 is 39.0. The fourth-order valence-electron chi connectivity index (χ4n) is 1.87. The van der Waals surface area contributed by atoms with Crippen molar-refractivity contribution in [3.05, 3.63) is 35.5 Å². The zero-order valence-electron chi connectivity index (χ0n) is 10.4. The second kappa shape index (κ2) is 5.59. The van der Waals surface area contributed by atoms with Gasteiger partial charge in [-0.3, -0.25) is 0 Å². The molecule has 2 aromatic rings. The summed E-state index contributed by atoms with van der Waals surface area (Å²) in [7, 11) is 0. The lowest BCUT2D eigenvalue weighted by Crippen LogP contribution is -2.08. The van der Waals surface area contributed by atoms with Crippen LogP contribution in [0.15, 0.2) is 24.3 Å². The van der Waals surface area contributed by atoms with Crippen molar-refractivity contribution in [1.82, 2.24) is 15.0 Å². The Labute approximate surface area is 112 Å². The third-order valence-electron chi connectivity index (χ3n) is 2.80. The Morgan fingerprint density at radius 2 is 1.85 bits per heavy atom. The van der Waals surface area contributed by atoms with Crippen LogP contribution in [0.2, 0.25) is 0 Å². The predicted octanol–water partition coefficient (Wildman–Crippen LogP) is 1.41. The predicted molar refractivity (Wildman–Crippen MR) is 65.4 cm³/mol. The molecule has 0 saturated carbocycles. The highest BCUT2D eigenvalue weighted by atomic mass is 19.4. The Balaban J connectivity index is 2.43. The number of rotatable bonds is 4. The first-order chi connectivity index (χ1) is 9.47. The van der Waals surface area contributed by atoms with Crippen molar-refractivity contribution >= 4 is 0 Å². The molecule has 0 amide bonds. The van der Waals surface area contributed by atoms with Crippen LogP contribution in [-0.2, 0) is 19.3 Å². The first-order valence-electron chi connectivity index (χ1n) is 5.88. The molecule has 3 N–H and O–H groups in total. The second-order valence-electron chi connectivity index (χ2n) is 4.11. The summed E-state index contributed by atoms with van der Waals surface area (Å²) in [4.78, 5) is 0. The van der Waals surface area contributed by atoms with Crippen molar-refractivity contribution < 1.29 is 18.3 Å². The highest BCUT2D eigenvalue weighted by Crippen LogP contribution is 2.31. The maximum Gasteiger partial charge on any atom is 0.416 e. The molecule has 0 aliphatic rings. The van der Waals surface area contributed by atoms with E-state index in [1.165, 1.54) is 16.8 Å². The molecule has 0 radical (unpaired) electrons. The minimum Gasteiger partial charge on any atom is -0.394 e. The molecule has 0 aliphatic carbocycles. The number of halogens is 3. The van der Waals surface area contributed by atoms with E-state index in [0.717, 1.165) is 12.1 Å². The molecule has 0 bridgehead atoms. The number of aliphatic hydroxyl groups excluding tert-OH is 1. The van der Waals surface area contributed by atoms with Crippen molar-refractivity contribution in [3.8, 4) is 11.3 Å². The van der Waals surface area contributed by atoms with Crippen LogP contribution < -0.4 is 5.73 Å². The molecular weight excluding hydrogens is 273 g/mol. The lowest BCUT2D eigenvalue weighted by atomic mass is 10.1. The van der Waals surface area contributed by atoms with Crippen LogP contribution in [0.5, 0.6) is 0 Å². The van der Waals surface area contributed by atoms with Crippen LogP contribution in [0.4, 0.5) is 13.2 Å². The minimum atomic E-state index is -4.38. The fraction of sp³-hybridized carbons (Fsp3) is 0.333. The molecule has 0 unspecified atom stereocenters. The van der Waals surface area contributed by atoms with Gasteiger partial charge in [-0.25, -0.2) is 4.68 Å². The molecule has 0 saturated heterocycles. The molecule has 1 aromatic carbocycles. The third kappa shape index (κ3) is 2.81. The monoisotopic (exact) mass is 286 g/mol. The highest BCUT2D eigenvalue weighted by molar-refractivity contribution is 5.62. The molecule has 1 aromatic heterocycles. The first-order valence-corrected chi connectivity index (χ1v) is 5.88. The van der Waals surface area contributed by atoms with Crippen molar-refractivity contribution in [2.75, 3.05) is 6.61 Å². The standard InChI is InChI=1S/C12H13F3N4O/c13-12(14,15)9-3-1-8(2-4-9)11-10(7-16)17-18-19(11)5-6-20/h1-4,20H,5-7,16H2. The quantitative estimate of drug-likeness (QED) is 0.891. The summed E-state index contributed by atoms with van der Waals surface area (Å²) in [5.74, 6) is 0. The normalized spacial score (nSPS) is 11.8. The number of nitrogens with zero attached hydrogens (tertiary/aromatic N) is 3. The second-order valence-corrected chi connectivity index (χ2v) is 4.11. The SMILES string of the molecule is NCc1nnn(CCO)c1-c1ccc(C(F)(F)F)cc1. The van der Waals surface area contributed by atoms with Crippen molar-refractivity contribution in [2.45, 2.75) is 19.3 Å². The highest BCUT2D eigenvalue weighted by Gasteiger charge is 2.30. The smallest absolute Gasteiger partial charge is 0.394 e. The minimum absolute atomic E-state index is 0.113. The van der Waals surface area contributed by atoms with Crippen molar-refractivity contribution in [2.24, 2.45) is 5.73 Å². The van der Waals surface area contributed by atoms with Gasteiger partial charge in [-0.05, 0) is 12.1 Å². The number of aromatic nitrogens is 3. The fourth-order valence-corrected chi connectivity index (χ4v) is 1.87. The van der Waals surface area contributed by atoms with E-state index in [2.05, 4.69) is 10.3 Å². The van der Waals surface area contributed by atoms with E-state index in [-0.39, 0.29) is 19.7 Å². The van der Waals surface area contributed by atoms with Gasteiger partial charge in [0.25, 0.3) is 0 Å². The molecule has 0 spiro atoms. The topological polar surface area (TPSA) is 77.0 Å². The lowest BCUT2D eigenvalue weighted by molar-refractivity contribution is -0.137. The lowest BCUT2D eigenvalue weighted by Gasteiger charge is -2.09. The van der Waals surface area contributed by atoms with Gasteiger partial charge in [0.15, 0.2) is 0 Å². The molecule has 0 fully saturated rings. The number of hydrogen-bond donors (Lipinski definition) is 2. The Morgan fingerprint density at radius 1 is 1.20 bits per heavy atom. The molecule has 0 aliphatic heterocycles. The average Bonchev–Trinajstić information content (AvgIpc) is 2.81. The van der Waals surface area contributed by atoms with Gasteiger partial charge in [0.05, 0.1) is 24.4 Å². The summed E-state index contributed by atoms with van der Waals surface area (Å²) in [6.07, 6.45) is -4.38. The van der Waals surface area contributed by atoms with Gasteiger partial charge in [0.1, 0.15) is 5.69 Å². The summed E-state index contributed by atoms with van der Waals surface area (Å²) >= 11 is 0. The van der Waals surface area contributed by atoms with Gasteiger partial charge in [-0.2, -0.15) is 13.2 Å². The summed E-state index contributed by atoms with van der Waals surface area (Å²) in [5, 5.41) is 16.6. The van der Waals surface area contributed by atoms with Crippen molar-refractivity contribution in [1.29, 1.82) is 0 Å². The van der Waals surface area contributed by atoms with E-state index in [4.69, 9.17) is 10.8 Å². The van der Waals surface area contributed by atoms with Gasteiger partial charge >= 0.3 is 6.18 Å². The van der Waals surface area contributed by atoms with E-state index in [1.807, 2.05) is 0 Å². The summed E-state index contributed by atoms with van der Waals surface area (Å²) in [6, 6.07) is 4.67. The van der Waals surface area contributed by atoms with Crippen LogP contribution >= 0.6 is 0 Å². The van der Waals surface area contributed by atoms with Crippen molar-refractivity contribution in [3.63, 3.8) is 0 Å². The van der Waals surface area contributed by atoms with E-state index >= 15 is 0 Å². The van der Waals surface area contributed by atoms with E-state index in [0.29, 0.717) is 17.0 Å². The Hall–Kier alpha value is -1.93. The molecule has 0 atom stereocenters. The zero-order valence-corrected chi connectivity index (χ0v) is 10.4. The molecule has 2 rings (SSSR count). The van der Waals surface area contributed by atoms with Gasteiger partial charge in [-0.15, -0.1) is 5.10 Å². The molecule has 5 nitrogen and oxygen atoms in total. The number of nitrogens with two attached hydrogens (primary N) is 1. The molecule has 108 valence electrons. The van der Waals surface area contributed by atoms with Gasteiger partial charge in [0.2, 0.25) is 0 Å². The van der Waals surface area contributed by atoms with Crippen LogP contribution in [0.1, 0.15) is 11.3 Å². The first kappa shape index (κ1) is 14.5. The average molecular weight is 286 g/mol. The summed E-state index contributed by atoms with van der Waals surface area (Å²) in [6.45, 7) is 0.159. The number of hydrogen-bond acceptors (Lipinski definition) is 4. The van der Waals surface area contributed by atoms with E-state index in [1.54, 1.807) is 0 Å². The molecule has 20 heavy (non-hydrogen) atoms. The summed E-state index contributed by atoms with van der Waals surface area (Å²) in [5.41, 5.74) is 6.33. The van der Waals surface area contributed by atoms with E-state index < -0.39 is 11.7 Å². The van der Waals surface area contributed by atoms with Crippen LogP contribution in [0.3, 0.4) is 0 Å². The maximum atomic E-state index is 12.5. The molecule has 8 heteroatoms. The van der Waals surface area contributed by atoms with Crippen LogP contribution in [-0.4, -0.2) is 26.7 Å². The Kier molecular flexibility index (Phi) is 4.05. The maximum absolute atomic E-state index is 12.5. The van der Waals surface area contributed by atoms with Crippen LogP contribution in [0, 0.1) is 0 Å². The number of aliphatic hydroxyl groups is 1. The largest absolute Gasteiger partial charge is 0.416 e. The van der Waals surface area contributed by atoms with Gasteiger partial charge in [-0.1, -0.05) is 17.3 Å². The number of alkyl halides is 3. The van der Waals surface area contributed by atoms with Gasteiger partial charge < -0.3 is 10.8 Å². The number of benzene rings is 1. The molecular formula is C12H13F3N4O. The Bertz CT molecular complexity index is 577. The van der Waals surface area contributed by atoms with Gasteiger partial charge in [0, 0.05) is 12.1 Å². The van der Waals surface area contributed by atoms with Crippen LogP contribution in [0.25, 0.3) is 11.3 Å². The van der Waals surface area contributed by atoms with E-state index in [9.17, 15) is 13.2 Å². The molecule has 1 heterocycles. The Morgan fingerprint density at radius 3 is 2.35 bits per heavy atom. The third-order valence-corrected chi connectivity index (χ3v) is 2.80. The zero-order chi connectivity index (χ0) is 14.8.